The lowest BCUT2D eigenvalue weighted by molar-refractivity contribution is -0.128. The van der Waals surface area contributed by atoms with Gasteiger partial charge in [0.2, 0.25) is 0 Å². The highest BCUT2D eigenvalue weighted by Gasteiger charge is 2.07. The van der Waals surface area contributed by atoms with Gasteiger partial charge in [0, 0.05) is 6.08 Å². The monoisotopic (exact) mass is 432 g/mol. The van der Waals surface area contributed by atoms with Gasteiger partial charge in [0.05, 0.1) is 11.6 Å². The van der Waals surface area contributed by atoms with Crippen molar-refractivity contribution >= 4 is 33.8 Å². The number of hydrogen-bond acceptors (Lipinski definition) is 4. The highest BCUT2D eigenvalue weighted by atomic mass is 79.9. The van der Waals surface area contributed by atoms with Crippen molar-refractivity contribution in [2.24, 2.45) is 0 Å². The average Bonchev–Trinajstić information content (AvgIpc) is 2.70. The van der Waals surface area contributed by atoms with E-state index < -0.39 is 11.8 Å². The molecule has 0 spiro atoms. The summed E-state index contributed by atoms with van der Waals surface area (Å²) in [6, 6.07) is 12.9. The molecule has 0 aliphatic carbocycles. The fourth-order valence-corrected chi connectivity index (χ4v) is 2.66. The van der Waals surface area contributed by atoms with E-state index >= 15 is 0 Å². The minimum absolute atomic E-state index is 0.216. The number of amides is 2. The van der Waals surface area contributed by atoms with Crippen LogP contribution in [-0.4, -0.2) is 25.5 Å². The van der Waals surface area contributed by atoms with E-state index in [2.05, 4.69) is 33.7 Å². The van der Waals surface area contributed by atoms with Gasteiger partial charge in [-0.25, -0.2) is 0 Å². The third-order valence-electron chi connectivity index (χ3n) is 3.63. The second kappa shape index (κ2) is 10.4. The van der Waals surface area contributed by atoms with Crippen LogP contribution in [0.4, 0.5) is 0 Å². The van der Waals surface area contributed by atoms with Crippen LogP contribution >= 0.6 is 15.9 Å². The van der Waals surface area contributed by atoms with Crippen molar-refractivity contribution in [3.05, 3.63) is 64.1 Å². The van der Waals surface area contributed by atoms with E-state index in [1.807, 2.05) is 24.3 Å². The van der Waals surface area contributed by atoms with Crippen LogP contribution in [-0.2, 0) is 16.0 Å². The first-order chi connectivity index (χ1) is 13.0. The molecule has 142 valence electrons. The molecule has 0 unspecified atom stereocenters. The summed E-state index contributed by atoms with van der Waals surface area (Å²) in [7, 11) is 1.59. The lowest BCUT2D eigenvalue weighted by Crippen LogP contribution is -2.43. The number of methoxy groups -OCH3 is 1. The molecule has 2 N–H and O–H groups in total. The molecule has 2 rings (SSSR count). The maximum Gasteiger partial charge on any atom is 0.276 e. The second-order valence-electron chi connectivity index (χ2n) is 5.55. The van der Waals surface area contributed by atoms with Crippen molar-refractivity contribution < 1.29 is 19.1 Å². The van der Waals surface area contributed by atoms with Gasteiger partial charge in [-0.15, -0.1) is 0 Å². The number of aryl methyl sites for hydroxylation is 1. The Labute approximate surface area is 166 Å². The maximum atomic E-state index is 11.8. The normalized spacial score (nSPS) is 10.5. The highest BCUT2D eigenvalue weighted by Crippen LogP contribution is 2.26. The third-order valence-corrected chi connectivity index (χ3v) is 4.25. The SMILES string of the molecule is CCc1ccc(OCC(=O)NNC(=O)C=Cc2ccc(OC)cc2)c(Br)c1. The Bertz CT molecular complexity index is 819. The molecule has 0 heterocycles. The van der Waals surface area contributed by atoms with Crippen LogP contribution in [0.15, 0.2) is 53.0 Å². The molecule has 0 aliphatic rings. The molecule has 7 heteroatoms. The molecule has 0 aromatic heterocycles. The average molecular weight is 433 g/mol. The van der Waals surface area contributed by atoms with E-state index in [1.165, 1.54) is 6.08 Å². The number of halogens is 1. The number of carbonyl (C=O) groups is 2. The fraction of sp³-hybridized carbons (Fsp3) is 0.200. The standard InChI is InChI=1S/C20H21BrN2O4/c1-3-14-6-10-18(17(21)12-14)27-13-20(25)23-22-19(24)11-7-15-4-8-16(26-2)9-5-15/h4-12H,3,13H2,1-2H3,(H,22,24)(H,23,25). The zero-order valence-corrected chi connectivity index (χ0v) is 16.7. The van der Waals surface area contributed by atoms with Gasteiger partial charge in [0.1, 0.15) is 11.5 Å². The summed E-state index contributed by atoms with van der Waals surface area (Å²) < 4.78 is 11.3. The quantitative estimate of drug-likeness (QED) is 0.519. The van der Waals surface area contributed by atoms with Crippen molar-refractivity contribution in [1.29, 1.82) is 0 Å². The lowest BCUT2D eigenvalue weighted by atomic mass is 10.2. The number of ether oxygens (including phenoxy) is 2. The van der Waals surface area contributed by atoms with E-state index in [0.717, 1.165) is 27.8 Å². The molecule has 0 saturated carbocycles. The molecule has 27 heavy (non-hydrogen) atoms. The predicted molar refractivity (Wildman–Crippen MR) is 107 cm³/mol. The van der Waals surface area contributed by atoms with E-state index in [9.17, 15) is 9.59 Å². The summed E-state index contributed by atoms with van der Waals surface area (Å²) in [4.78, 5) is 23.6. The topological polar surface area (TPSA) is 76.7 Å². The Morgan fingerprint density at radius 2 is 1.85 bits per heavy atom. The molecule has 0 bridgehead atoms. The molecular formula is C20H21BrN2O4. The van der Waals surface area contributed by atoms with Crippen LogP contribution in [0.2, 0.25) is 0 Å². The Morgan fingerprint density at radius 3 is 2.48 bits per heavy atom. The first-order valence-corrected chi connectivity index (χ1v) is 9.13. The van der Waals surface area contributed by atoms with Crippen LogP contribution < -0.4 is 20.3 Å². The summed E-state index contributed by atoms with van der Waals surface area (Å²) in [5, 5.41) is 0. The molecule has 2 aromatic carbocycles. The predicted octanol–water partition coefficient (Wildman–Crippen LogP) is 3.26. The zero-order valence-electron chi connectivity index (χ0n) is 15.1. The Morgan fingerprint density at radius 1 is 1.11 bits per heavy atom. The van der Waals surface area contributed by atoms with Gasteiger partial charge < -0.3 is 9.47 Å². The van der Waals surface area contributed by atoms with Crippen LogP contribution in [0, 0.1) is 0 Å². The molecular weight excluding hydrogens is 412 g/mol. The van der Waals surface area contributed by atoms with Crippen molar-refractivity contribution in [3.63, 3.8) is 0 Å². The van der Waals surface area contributed by atoms with Crippen LogP contribution in [0.25, 0.3) is 6.08 Å². The van der Waals surface area contributed by atoms with Gasteiger partial charge in [-0.1, -0.05) is 25.1 Å². The summed E-state index contributed by atoms with van der Waals surface area (Å²) in [5.41, 5.74) is 6.60. The van der Waals surface area contributed by atoms with Gasteiger partial charge in [-0.05, 0) is 63.8 Å². The van der Waals surface area contributed by atoms with Gasteiger partial charge in [-0.3, -0.25) is 20.4 Å². The molecule has 2 amide bonds. The second-order valence-corrected chi connectivity index (χ2v) is 6.41. The van der Waals surface area contributed by atoms with Gasteiger partial charge in [0.25, 0.3) is 11.8 Å². The molecule has 2 aromatic rings. The Kier molecular flexibility index (Phi) is 7.88. The van der Waals surface area contributed by atoms with Gasteiger partial charge in [-0.2, -0.15) is 0 Å². The van der Waals surface area contributed by atoms with Crippen molar-refractivity contribution in [1.82, 2.24) is 10.9 Å². The van der Waals surface area contributed by atoms with Crippen LogP contribution in [0.3, 0.4) is 0 Å². The molecule has 0 saturated heterocycles. The smallest absolute Gasteiger partial charge is 0.276 e. The van der Waals surface area contributed by atoms with E-state index in [4.69, 9.17) is 9.47 Å². The number of nitrogens with one attached hydrogen (secondary N) is 2. The molecule has 0 aliphatic heterocycles. The van der Waals surface area contributed by atoms with Crippen LogP contribution in [0.1, 0.15) is 18.1 Å². The number of benzene rings is 2. The van der Waals surface area contributed by atoms with Crippen molar-refractivity contribution in [2.45, 2.75) is 13.3 Å². The van der Waals surface area contributed by atoms with Gasteiger partial charge in [0.15, 0.2) is 6.61 Å². The number of carbonyl (C=O) groups excluding carboxylic acids is 2. The Hall–Kier alpha value is -2.80. The summed E-state index contributed by atoms with van der Waals surface area (Å²) >= 11 is 3.41. The van der Waals surface area contributed by atoms with Gasteiger partial charge >= 0.3 is 0 Å². The summed E-state index contributed by atoms with van der Waals surface area (Å²) in [6.07, 6.45) is 3.86. The fourth-order valence-electron chi connectivity index (χ4n) is 2.12. The van der Waals surface area contributed by atoms with Crippen LogP contribution in [0.5, 0.6) is 11.5 Å². The molecule has 0 radical (unpaired) electrons. The van der Waals surface area contributed by atoms with E-state index in [0.29, 0.717) is 5.75 Å². The molecule has 0 fully saturated rings. The lowest BCUT2D eigenvalue weighted by Gasteiger charge is -2.10. The van der Waals surface area contributed by atoms with Crippen molar-refractivity contribution in [2.75, 3.05) is 13.7 Å². The minimum atomic E-state index is -0.465. The first kappa shape index (κ1) is 20.5. The third kappa shape index (κ3) is 6.79. The number of hydrazine groups is 1. The number of hydrogen-bond donors (Lipinski definition) is 2. The van der Waals surface area contributed by atoms with E-state index in [-0.39, 0.29) is 6.61 Å². The number of rotatable bonds is 7. The maximum absolute atomic E-state index is 11.8. The highest BCUT2D eigenvalue weighted by molar-refractivity contribution is 9.10. The largest absolute Gasteiger partial charge is 0.497 e. The molecule has 6 nitrogen and oxygen atoms in total. The summed E-state index contributed by atoms with van der Waals surface area (Å²) in [5.74, 6) is 0.383. The van der Waals surface area contributed by atoms with E-state index in [1.54, 1.807) is 31.4 Å². The minimum Gasteiger partial charge on any atom is -0.497 e. The molecule has 0 atom stereocenters. The zero-order chi connectivity index (χ0) is 19.6. The Balaban J connectivity index is 1.75. The summed E-state index contributed by atoms with van der Waals surface area (Å²) in [6.45, 7) is 1.84. The first-order valence-electron chi connectivity index (χ1n) is 8.34. The van der Waals surface area contributed by atoms with Crippen molar-refractivity contribution in [3.8, 4) is 11.5 Å².